The minimum absolute atomic E-state index is 0.00843. The van der Waals surface area contributed by atoms with Crippen LogP contribution >= 0.6 is 0 Å². The summed E-state index contributed by atoms with van der Waals surface area (Å²) in [5.74, 6) is -1.71. The third kappa shape index (κ3) is 4.97. The summed E-state index contributed by atoms with van der Waals surface area (Å²) in [6, 6.07) is 16.3. The van der Waals surface area contributed by atoms with Crippen molar-refractivity contribution < 1.29 is 33.8 Å². The molecule has 6 rings (SSSR count). The smallest absolute Gasteiger partial charge is 0.337 e. The van der Waals surface area contributed by atoms with Gasteiger partial charge in [0.05, 0.1) is 19.1 Å². The van der Waals surface area contributed by atoms with Crippen LogP contribution in [-0.4, -0.2) is 48.1 Å². The van der Waals surface area contributed by atoms with E-state index >= 15 is 0 Å². The Labute approximate surface area is 258 Å². The second-order valence-electron chi connectivity index (χ2n) is 13.5. The van der Waals surface area contributed by atoms with Crippen molar-refractivity contribution in [2.75, 3.05) is 7.11 Å². The average molecular weight is 600 g/mol. The fourth-order valence-corrected chi connectivity index (χ4v) is 9.40. The number of nitrogens with one attached hydrogen (secondary N) is 1. The van der Waals surface area contributed by atoms with Crippen molar-refractivity contribution in [3.05, 3.63) is 83.9 Å². The van der Waals surface area contributed by atoms with Crippen LogP contribution < -0.4 is 5.32 Å². The molecule has 8 heteroatoms. The summed E-state index contributed by atoms with van der Waals surface area (Å²) in [7, 11) is 1.37. The number of ether oxygens (including phenoxy) is 2. The maximum Gasteiger partial charge on any atom is 0.337 e. The van der Waals surface area contributed by atoms with E-state index in [0.29, 0.717) is 17.5 Å². The van der Waals surface area contributed by atoms with Crippen molar-refractivity contribution in [3.63, 3.8) is 0 Å². The number of carbonyl (C=O) groups excluding carboxylic acids is 4. The summed E-state index contributed by atoms with van der Waals surface area (Å²) in [5, 5.41) is 14.2. The van der Waals surface area contributed by atoms with Gasteiger partial charge in [0.15, 0.2) is 11.9 Å². The van der Waals surface area contributed by atoms with E-state index in [2.05, 4.69) is 18.8 Å². The van der Waals surface area contributed by atoms with Gasteiger partial charge in [-0.05, 0) is 91.4 Å². The van der Waals surface area contributed by atoms with Crippen molar-refractivity contribution >= 4 is 23.6 Å². The first-order valence-electron chi connectivity index (χ1n) is 15.7. The second kappa shape index (κ2) is 11.6. The number of Topliss-reactive ketones (excluding diaryl/α,β-unsaturated/α-hetero) is 1. The molecular formula is C36H41NO7. The number of amides is 1. The van der Waals surface area contributed by atoms with Gasteiger partial charge in [-0.2, -0.15) is 0 Å². The predicted octanol–water partition coefficient (Wildman–Crippen LogP) is 4.97. The minimum atomic E-state index is -1.69. The SMILES string of the molecule is C=C1C(=O)[C@@]23CC[C@@H]4[C@H](C(=O)OC)C[C@@H](OC(=O)[C@H](O)[C@@H](NC(=O)c5ccccc5)c5ccccc5)C[C@@]4(C)[C@@H]2CC[C@@H]1C3. The van der Waals surface area contributed by atoms with E-state index < -0.39 is 46.9 Å². The molecule has 0 aliphatic heterocycles. The molecule has 2 N–H and O–H groups in total. The molecule has 4 aliphatic carbocycles. The lowest BCUT2D eigenvalue weighted by Crippen LogP contribution is -2.59. The molecule has 0 unspecified atom stereocenters. The monoisotopic (exact) mass is 599 g/mol. The van der Waals surface area contributed by atoms with Crippen molar-refractivity contribution in [1.82, 2.24) is 5.32 Å². The van der Waals surface area contributed by atoms with Gasteiger partial charge in [0, 0.05) is 11.0 Å². The van der Waals surface area contributed by atoms with Crippen molar-refractivity contribution in [2.45, 2.75) is 70.1 Å². The van der Waals surface area contributed by atoms with E-state index in [1.807, 2.05) is 6.07 Å². The van der Waals surface area contributed by atoms with Crippen molar-refractivity contribution in [3.8, 4) is 0 Å². The standard InChI is InChI=1S/C36H41NO7/c1-21-24-14-15-28-35(2)20-25(18-26(33(41)43-3)27(35)16-17-36(28,19-24)31(21)39)44-34(42)30(38)29(22-10-6-4-7-11-22)37-32(40)23-12-8-5-9-13-23/h4-13,24-30,38H,1,14-20H2,2-3H3,(H,37,40)/t24-,25-,26-,27-,28+,29+,30-,35-,36-/m1/s1. The molecule has 44 heavy (non-hydrogen) atoms. The number of hydrogen-bond donors (Lipinski definition) is 2. The molecule has 0 saturated heterocycles. The van der Waals surface area contributed by atoms with Gasteiger partial charge in [-0.3, -0.25) is 14.4 Å². The van der Waals surface area contributed by atoms with Crippen LogP contribution in [0.2, 0.25) is 0 Å². The Bertz CT molecular complexity index is 1460. The molecule has 9 atom stereocenters. The minimum Gasteiger partial charge on any atom is -0.469 e. The van der Waals surface area contributed by atoms with E-state index in [9.17, 15) is 24.3 Å². The lowest BCUT2D eigenvalue weighted by atomic mass is 9.43. The van der Waals surface area contributed by atoms with Crippen LogP contribution in [0.1, 0.15) is 73.8 Å². The summed E-state index contributed by atoms with van der Waals surface area (Å²) >= 11 is 0. The van der Waals surface area contributed by atoms with Crippen LogP contribution in [0, 0.1) is 34.5 Å². The Morgan fingerprint density at radius 2 is 1.68 bits per heavy atom. The van der Waals surface area contributed by atoms with Gasteiger partial charge in [-0.25, -0.2) is 4.79 Å². The molecule has 2 aromatic rings. The molecule has 2 bridgehead atoms. The van der Waals surface area contributed by atoms with E-state index in [-0.39, 0.29) is 35.9 Å². The number of allylic oxidation sites excluding steroid dienone is 1. The van der Waals surface area contributed by atoms with Gasteiger partial charge in [-0.15, -0.1) is 0 Å². The van der Waals surface area contributed by atoms with Gasteiger partial charge in [-0.1, -0.05) is 62.0 Å². The molecule has 0 heterocycles. The van der Waals surface area contributed by atoms with Crippen LogP contribution in [0.15, 0.2) is 72.8 Å². The lowest BCUT2D eigenvalue weighted by Gasteiger charge is -2.61. The number of esters is 2. The summed E-state index contributed by atoms with van der Waals surface area (Å²) in [4.78, 5) is 53.5. The number of methoxy groups -OCH3 is 1. The van der Waals surface area contributed by atoms with Crippen molar-refractivity contribution in [2.24, 2.45) is 34.5 Å². The second-order valence-corrected chi connectivity index (χ2v) is 13.5. The fourth-order valence-electron chi connectivity index (χ4n) is 9.40. The first-order chi connectivity index (χ1) is 21.1. The highest BCUT2D eigenvalue weighted by Crippen LogP contribution is 2.69. The number of aliphatic hydroxyl groups is 1. The van der Waals surface area contributed by atoms with Crippen LogP contribution in [0.3, 0.4) is 0 Å². The maximum atomic E-state index is 13.7. The molecule has 1 amide bonds. The third-order valence-corrected chi connectivity index (χ3v) is 11.4. The van der Waals surface area contributed by atoms with Crippen LogP contribution in [-0.2, 0) is 23.9 Å². The third-order valence-electron chi connectivity index (χ3n) is 11.4. The Morgan fingerprint density at radius 1 is 1.00 bits per heavy atom. The predicted molar refractivity (Wildman–Crippen MR) is 162 cm³/mol. The summed E-state index contributed by atoms with van der Waals surface area (Å²) < 4.78 is 11.3. The topological polar surface area (TPSA) is 119 Å². The molecule has 4 aliphatic rings. The van der Waals surface area contributed by atoms with Gasteiger partial charge in [0.1, 0.15) is 6.10 Å². The zero-order valence-corrected chi connectivity index (χ0v) is 25.4. The highest BCUT2D eigenvalue weighted by Gasteiger charge is 2.67. The fraction of sp³-hybridized carbons (Fsp3) is 0.500. The largest absolute Gasteiger partial charge is 0.469 e. The molecule has 2 aromatic carbocycles. The van der Waals surface area contributed by atoms with Gasteiger partial charge in [0.2, 0.25) is 0 Å². The Balaban J connectivity index is 1.26. The number of ketones is 1. The molecule has 8 nitrogen and oxygen atoms in total. The molecule has 1 spiro atoms. The first-order valence-corrected chi connectivity index (χ1v) is 15.7. The number of carbonyl (C=O) groups is 4. The molecule has 232 valence electrons. The van der Waals surface area contributed by atoms with Gasteiger partial charge >= 0.3 is 11.9 Å². The van der Waals surface area contributed by atoms with Gasteiger partial charge in [0.25, 0.3) is 5.91 Å². The average Bonchev–Trinajstić information content (AvgIpc) is 3.21. The molecule has 0 radical (unpaired) electrons. The van der Waals surface area contributed by atoms with E-state index in [1.165, 1.54) is 7.11 Å². The summed E-state index contributed by atoms with van der Waals surface area (Å²) in [6.45, 7) is 6.30. The quantitative estimate of drug-likeness (QED) is 0.341. The first kappa shape index (κ1) is 30.3. The molecule has 0 aromatic heterocycles. The number of aliphatic hydroxyl groups excluding tert-OH is 1. The molecule has 4 saturated carbocycles. The van der Waals surface area contributed by atoms with Gasteiger partial charge < -0.3 is 19.9 Å². The lowest BCUT2D eigenvalue weighted by molar-refractivity contribution is -0.191. The highest BCUT2D eigenvalue weighted by molar-refractivity contribution is 6.03. The van der Waals surface area contributed by atoms with E-state index in [4.69, 9.17) is 9.47 Å². The number of fused-ring (bicyclic) bond motifs is 3. The zero-order chi connectivity index (χ0) is 31.2. The summed E-state index contributed by atoms with van der Waals surface area (Å²) in [6.07, 6.45) is 2.42. The van der Waals surface area contributed by atoms with Crippen LogP contribution in [0.4, 0.5) is 0 Å². The summed E-state index contributed by atoms with van der Waals surface area (Å²) in [5.41, 5.74) is 0.765. The van der Waals surface area contributed by atoms with Crippen molar-refractivity contribution in [1.29, 1.82) is 0 Å². The van der Waals surface area contributed by atoms with Crippen LogP contribution in [0.5, 0.6) is 0 Å². The molecular weight excluding hydrogens is 558 g/mol. The maximum absolute atomic E-state index is 13.7. The zero-order valence-electron chi connectivity index (χ0n) is 25.4. The number of benzene rings is 2. The van der Waals surface area contributed by atoms with E-state index in [1.54, 1.807) is 54.6 Å². The Hall–Kier alpha value is -3.78. The number of hydrogen-bond acceptors (Lipinski definition) is 7. The molecule has 4 fully saturated rings. The normalized spacial score (nSPS) is 33.8. The number of rotatable bonds is 7. The Kier molecular flexibility index (Phi) is 7.99. The highest BCUT2D eigenvalue weighted by atomic mass is 16.6. The Morgan fingerprint density at radius 3 is 2.36 bits per heavy atom. The van der Waals surface area contributed by atoms with Crippen LogP contribution in [0.25, 0.3) is 0 Å². The van der Waals surface area contributed by atoms with E-state index in [0.717, 1.165) is 37.7 Å².